The van der Waals surface area contributed by atoms with E-state index in [0.717, 1.165) is 11.3 Å². The molecule has 0 spiro atoms. The highest BCUT2D eigenvalue weighted by Gasteiger charge is 2.13. The van der Waals surface area contributed by atoms with Crippen LogP contribution < -0.4 is 0 Å². The van der Waals surface area contributed by atoms with Crippen LogP contribution in [0.3, 0.4) is 0 Å². The lowest BCUT2D eigenvalue weighted by Gasteiger charge is -2.02. The van der Waals surface area contributed by atoms with Crippen LogP contribution in [-0.2, 0) is 0 Å². The van der Waals surface area contributed by atoms with Crippen LogP contribution in [0.4, 0.5) is 0 Å². The van der Waals surface area contributed by atoms with E-state index in [9.17, 15) is 0 Å². The maximum atomic E-state index is 6.17. The summed E-state index contributed by atoms with van der Waals surface area (Å²) in [5, 5.41) is 5.34. The molecule has 1 aromatic heterocycles. The van der Waals surface area contributed by atoms with Gasteiger partial charge in [-0.15, -0.1) is 5.10 Å². The second-order valence-electron chi connectivity index (χ2n) is 4.43. The Kier molecular flexibility index (Phi) is 3.47. The predicted molar refractivity (Wildman–Crippen MR) is 81.6 cm³/mol. The summed E-state index contributed by atoms with van der Waals surface area (Å²) < 4.78 is 1.60. The fraction of sp³-hybridized carbons (Fsp3) is 0.0667. The molecule has 1 heterocycles. The molecule has 3 aromatic rings. The third-order valence-electron chi connectivity index (χ3n) is 2.96. The molecular formula is C15H11Cl2N3. The Bertz CT molecular complexity index is 748. The number of hydrogen-bond donors (Lipinski definition) is 0. The molecular weight excluding hydrogens is 293 g/mol. The van der Waals surface area contributed by atoms with E-state index >= 15 is 0 Å². The van der Waals surface area contributed by atoms with Crippen LogP contribution in [0.15, 0.2) is 48.5 Å². The van der Waals surface area contributed by atoms with Gasteiger partial charge < -0.3 is 0 Å². The first-order valence-electron chi connectivity index (χ1n) is 6.09. The minimum Gasteiger partial charge on any atom is -0.203 e. The minimum atomic E-state index is 0.309. The summed E-state index contributed by atoms with van der Waals surface area (Å²) in [5.74, 6) is 0.515. The lowest BCUT2D eigenvalue weighted by atomic mass is 10.2. The van der Waals surface area contributed by atoms with Gasteiger partial charge in [0.15, 0.2) is 5.82 Å². The number of benzene rings is 2. The number of aryl methyl sites for hydroxylation is 1. The number of rotatable bonds is 2. The number of nitrogens with zero attached hydrogens (tertiary/aromatic N) is 3. The van der Waals surface area contributed by atoms with Gasteiger partial charge in [-0.05, 0) is 42.8 Å². The van der Waals surface area contributed by atoms with Crippen molar-refractivity contribution in [2.75, 3.05) is 0 Å². The molecule has 0 aliphatic heterocycles. The lowest BCUT2D eigenvalue weighted by molar-refractivity contribution is 0.882. The van der Waals surface area contributed by atoms with Gasteiger partial charge >= 0.3 is 0 Å². The van der Waals surface area contributed by atoms with Crippen molar-refractivity contribution >= 4 is 23.2 Å². The van der Waals surface area contributed by atoms with E-state index in [-0.39, 0.29) is 0 Å². The van der Waals surface area contributed by atoms with E-state index in [0.29, 0.717) is 16.1 Å². The smallest absolute Gasteiger partial charge is 0.203 e. The Hall–Kier alpha value is -1.84. The zero-order valence-corrected chi connectivity index (χ0v) is 12.2. The van der Waals surface area contributed by atoms with Crippen molar-refractivity contribution in [2.45, 2.75) is 6.92 Å². The standard InChI is InChI=1S/C15H11Cl2N3/c1-10-6-8-11(9-7-10)20-15(17)18-14(19-20)12-4-2-3-5-13(12)16/h2-9H,1H3. The monoisotopic (exact) mass is 303 g/mol. The summed E-state index contributed by atoms with van der Waals surface area (Å²) in [7, 11) is 0. The Labute approximate surface area is 126 Å². The van der Waals surface area contributed by atoms with E-state index in [4.69, 9.17) is 23.2 Å². The van der Waals surface area contributed by atoms with Crippen LogP contribution in [0.25, 0.3) is 17.1 Å². The molecule has 0 radical (unpaired) electrons. The number of aromatic nitrogens is 3. The summed E-state index contributed by atoms with van der Waals surface area (Å²) in [6.45, 7) is 2.03. The highest BCUT2D eigenvalue weighted by Crippen LogP contribution is 2.27. The van der Waals surface area contributed by atoms with Crippen molar-refractivity contribution < 1.29 is 0 Å². The maximum Gasteiger partial charge on any atom is 0.226 e. The van der Waals surface area contributed by atoms with Crippen molar-refractivity contribution in [1.29, 1.82) is 0 Å². The van der Waals surface area contributed by atoms with Crippen molar-refractivity contribution in [2.24, 2.45) is 0 Å². The third kappa shape index (κ3) is 2.42. The first-order chi connectivity index (χ1) is 9.65. The van der Waals surface area contributed by atoms with Crippen LogP contribution in [-0.4, -0.2) is 14.8 Å². The van der Waals surface area contributed by atoms with Gasteiger partial charge in [0.25, 0.3) is 0 Å². The molecule has 0 saturated heterocycles. The van der Waals surface area contributed by atoms with Crippen LogP contribution in [0.2, 0.25) is 10.3 Å². The zero-order valence-electron chi connectivity index (χ0n) is 10.7. The van der Waals surface area contributed by atoms with Crippen molar-refractivity contribution in [3.63, 3.8) is 0 Å². The molecule has 0 N–H and O–H groups in total. The fourth-order valence-corrected chi connectivity index (χ4v) is 2.34. The minimum absolute atomic E-state index is 0.309. The van der Waals surface area contributed by atoms with Crippen LogP contribution in [0, 0.1) is 6.92 Å². The molecule has 2 aromatic carbocycles. The van der Waals surface area contributed by atoms with Gasteiger partial charge in [0.05, 0.1) is 10.7 Å². The van der Waals surface area contributed by atoms with Crippen molar-refractivity contribution in [3.05, 3.63) is 64.4 Å². The van der Waals surface area contributed by atoms with E-state index < -0.39 is 0 Å². The molecule has 0 fully saturated rings. The molecule has 20 heavy (non-hydrogen) atoms. The summed E-state index contributed by atoms with van der Waals surface area (Å²) >= 11 is 12.3. The van der Waals surface area contributed by atoms with E-state index in [1.54, 1.807) is 10.7 Å². The molecule has 0 aliphatic rings. The van der Waals surface area contributed by atoms with E-state index in [1.165, 1.54) is 5.56 Å². The number of halogens is 2. The van der Waals surface area contributed by atoms with Gasteiger partial charge in [-0.1, -0.05) is 41.4 Å². The molecule has 0 saturated carbocycles. The molecule has 5 heteroatoms. The first-order valence-corrected chi connectivity index (χ1v) is 6.85. The Morgan fingerprint density at radius 3 is 2.35 bits per heavy atom. The molecule has 3 nitrogen and oxygen atoms in total. The first kappa shape index (κ1) is 13.2. The van der Waals surface area contributed by atoms with Crippen LogP contribution in [0.5, 0.6) is 0 Å². The summed E-state index contributed by atoms with van der Waals surface area (Å²) in [6.07, 6.45) is 0. The fourth-order valence-electron chi connectivity index (χ4n) is 1.90. The number of hydrogen-bond acceptors (Lipinski definition) is 2. The summed E-state index contributed by atoms with van der Waals surface area (Å²) in [6, 6.07) is 15.3. The Balaban J connectivity index is 2.08. The van der Waals surface area contributed by atoms with Crippen molar-refractivity contribution in [3.8, 4) is 17.1 Å². The second-order valence-corrected chi connectivity index (χ2v) is 5.18. The molecule has 0 aliphatic carbocycles. The highest BCUT2D eigenvalue weighted by molar-refractivity contribution is 6.33. The van der Waals surface area contributed by atoms with Crippen LogP contribution in [0.1, 0.15) is 5.56 Å². The Morgan fingerprint density at radius 2 is 1.65 bits per heavy atom. The summed E-state index contributed by atoms with van der Waals surface area (Å²) in [5.41, 5.74) is 2.81. The molecule has 0 amide bonds. The van der Waals surface area contributed by atoms with E-state index in [2.05, 4.69) is 10.1 Å². The van der Waals surface area contributed by atoms with Gasteiger partial charge in [0.2, 0.25) is 5.28 Å². The van der Waals surface area contributed by atoms with Crippen LogP contribution >= 0.6 is 23.2 Å². The molecule has 0 atom stereocenters. The van der Waals surface area contributed by atoms with Gasteiger partial charge in [-0.3, -0.25) is 0 Å². The molecule has 0 bridgehead atoms. The normalized spacial score (nSPS) is 10.8. The summed E-state index contributed by atoms with van der Waals surface area (Å²) in [4.78, 5) is 4.27. The molecule has 100 valence electrons. The topological polar surface area (TPSA) is 30.7 Å². The van der Waals surface area contributed by atoms with Crippen molar-refractivity contribution in [1.82, 2.24) is 14.8 Å². The quantitative estimate of drug-likeness (QED) is 0.695. The van der Waals surface area contributed by atoms with Gasteiger partial charge in [-0.2, -0.15) is 4.98 Å². The molecule has 0 unspecified atom stereocenters. The maximum absolute atomic E-state index is 6.17. The van der Waals surface area contributed by atoms with E-state index in [1.807, 2.05) is 49.4 Å². The molecule has 3 rings (SSSR count). The average Bonchev–Trinajstić information content (AvgIpc) is 2.82. The zero-order chi connectivity index (χ0) is 14.1. The lowest BCUT2D eigenvalue weighted by Crippen LogP contribution is -1.96. The highest BCUT2D eigenvalue weighted by atomic mass is 35.5. The average molecular weight is 304 g/mol. The predicted octanol–water partition coefficient (Wildman–Crippen LogP) is 4.55. The van der Waals surface area contributed by atoms with Gasteiger partial charge in [0, 0.05) is 5.56 Å². The van der Waals surface area contributed by atoms with Gasteiger partial charge in [0.1, 0.15) is 0 Å². The van der Waals surface area contributed by atoms with Gasteiger partial charge in [-0.25, -0.2) is 4.68 Å². The Morgan fingerprint density at radius 1 is 0.950 bits per heavy atom. The second kappa shape index (κ2) is 5.27. The largest absolute Gasteiger partial charge is 0.226 e. The third-order valence-corrected chi connectivity index (χ3v) is 3.54. The SMILES string of the molecule is Cc1ccc(-n2nc(-c3ccccc3Cl)nc2Cl)cc1.